The predicted molar refractivity (Wildman–Crippen MR) is 144 cm³/mol. The number of carbonyl (C=O) groups excluding carboxylic acids is 1. The highest BCUT2D eigenvalue weighted by Gasteiger charge is 2.44. The van der Waals surface area contributed by atoms with Crippen LogP contribution in [0.1, 0.15) is 72.5 Å². The first-order valence-electron chi connectivity index (χ1n) is 12.8. The summed E-state index contributed by atoms with van der Waals surface area (Å²) in [7, 11) is 0. The van der Waals surface area contributed by atoms with Gasteiger partial charge < -0.3 is 9.64 Å². The Morgan fingerprint density at radius 3 is 2.36 bits per heavy atom. The van der Waals surface area contributed by atoms with E-state index in [1.807, 2.05) is 36.0 Å². The highest BCUT2D eigenvalue weighted by atomic mass is 32.2. The molecule has 2 aliphatic rings. The molecule has 5 rings (SSSR count). The summed E-state index contributed by atoms with van der Waals surface area (Å²) in [5.41, 5.74) is 3.95. The Labute approximate surface area is 218 Å². The van der Waals surface area contributed by atoms with Crippen molar-refractivity contribution in [3.63, 3.8) is 0 Å². The number of hydrogen-bond acceptors (Lipinski definition) is 4. The summed E-state index contributed by atoms with van der Waals surface area (Å²) >= 11 is 1.82. The lowest BCUT2D eigenvalue weighted by Gasteiger charge is -2.39. The molecule has 2 atom stereocenters. The lowest BCUT2D eigenvalue weighted by Crippen LogP contribution is -2.49. The molecule has 2 bridgehead atoms. The SMILES string of the molecule is CC(C)c1ccc(SCc2ccc(C(=O)N3[C@H]4CC[C@H]3CC(Oc3cccc(C#N)c3)C4)cc2)cc1. The molecule has 5 heteroatoms. The lowest BCUT2D eigenvalue weighted by atomic mass is 9.98. The summed E-state index contributed by atoms with van der Waals surface area (Å²) in [5.74, 6) is 2.30. The van der Waals surface area contributed by atoms with Gasteiger partial charge in [0.1, 0.15) is 11.9 Å². The Bertz CT molecular complexity index is 1230. The van der Waals surface area contributed by atoms with Gasteiger partial charge in [0.25, 0.3) is 5.91 Å². The number of piperidine rings is 1. The number of hydrogen-bond donors (Lipinski definition) is 0. The first kappa shape index (κ1) is 24.5. The van der Waals surface area contributed by atoms with Crippen molar-refractivity contribution in [1.82, 2.24) is 4.90 Å². The Balaban J connectivity index is 1.18. The third kappa shape index (κ3) is 5.44. The molecule has 2 heterocycles. The van der Waals surface area contributed by atoms with Gasteiger partial charge in [-0.1, -0.05) is 44.2 Å². The fourth-order valence-corrected chi connectivity index (χ4v) is 6.25. The quantitative estimate of drug-likeness (QED) is 0.325. The smallest absolute Gasteiger partial charge is 0.254 e. The van der Waals surface area contributed by atoms with Crippen LogP contribution in [0.4, 0.5) is 0 Å². The standard InChI is InChI=1S/C31H32N2O2S/c1-21(2)24-10-14-30(15-11-24)36-20-22-6-8-25(9-7-22)31(34)33-26-12-13-27(33)18-29(17-26)35-28-5-3-4-23(16-28)19-32/h3-11,14-16,21,26-27,29H,12-13,17-18,20H2,1-2H3/t26-,27-/m0/s1. The van der Waals surface area contributed by atoms with Crippen LogP contribution < -0.4 is 4.74 Å². The van der Waals surface area contributed by atoms with Crippen molar-refractivity contribution in [2.24, 2.45) is 0 Å². The van der Waals surface area contributed by atoms with Gasteiger partial charge in [0.2, 0.25) is 0 Å². The van der Waals surface area contributed by atoms with Crippen molar-refractivity contribution in [3.8, 4) is 11.8 Å². The van der Waals surface area contributed by atoms with E-state index in [2.05, 4.69) is 61.2 Å². The Morgan fingerprint density at radius 2 is 1.72 bits per heavy atom. The fraction of sp³-hybridized carbons (Fsp3) is 0.355. The topological polar surface area (TPSA) is 53.3 Å². The second kappa shape index (κ2) is 10.8. The second-order valence-electron chi connectivity index (χ2n) is 10.2. The summed E-state index contributed by atoms with van der Waals surface area (Å²) in [6, 6.07) is 26.9. The number of carbonyl (C=O) groups is 1. The number of ether oxygens (including phenoxy) is 1. The van der Waals surface area contributed by atoms with Gasteiger partial charge in [-0.25, -0.2) is 0 Å². The minimum atomic E-state index is 0.0782. The van der Waals surface area contributed by atoms with Crippen LogP contribution in [0.15, 0.2) is 77.7 Å². The van der Waals surface area contributed by atoms with E-state index in [9.17, 15) is 4.79 Å². The molecule has 0 aromatic heterocycles. The van der Waals surface area contributed by atoms with E-state index >= 15 is 0 Å². The van der Waals surface area contributed by atoms with Gasteiger partial charge in [-0.15, -0.1) is 11.8 Å². The average molecular weight is 497 g/mol. The number of thioether (sulfide) groups is 1. The van der Waals surface area contributed by atoms with Crippen LogP contribution in [-0.2, 0) is 5.75 Å². The van der Waals surface area contributed by atoms with E-state index in [4.69, 9.17) is 10.00 Å². The highest BCUT2D eigenvalue weighted by molar-refractivity contribution is 7.98. The zero-order valence-electron chi connectivity index (χ0n) is 20.9. The van der Waals surface area contributed by atoms with Gasteiger partial charge in [-0.2, -0.15) is 5.26 Å². The number of nitrogens with zero attached hydrogens (tertiary/aromatic N) is 2. The zero-order chi connectivity index (χ0) is 25.1. The molecule has 4 nitrogen and oxygen atoms in total. The molecule has 0 unspecified atom stereocenters. The summed E-state index contributed by atoms with van der Waals surface area (Å²) in [4.78, 5) is 16.8. The largest absolute Gasteiger partial charge is 0.490 e. The van der Waals surface area contributed by atoms with Crippen molar-refractivity contribution in [2.45, 2.75) is 74.3 Å². The number of nitriles is 1. The normalized spacial score (nSPS) is 20.8. The summed E-state index contributed by atoms with van der Waals surface area (Å²) in [6.07, 6.45) is 3.80. The molecule has 2 aliphatic heterocycles. The van der Waals surface area contributed by atoms with Crippen LogP contribution in [0.2, 0.25) is 0 Å². The number of benzene rings is 3. The molecule has 36 heavy (non-hydrogen) atoms. The summed E-state index contributed by atoms with van der Waals surface area (Å²) in [5, 5.41) is 9.14. The molecule has 0 spiro atoms. The maximum Gasteiger partial charge on any atom is 0.254 e. The summed E-state index contributed by atoms with van der Waals surface area (Å²) < 4.78 is 6.22. The average Bonchev–Trinajstić information content (AvgIpc) is 3.17. The Morgan fingerprint density at radius 1 is 1.03 bits per heavy atom. The van der Waals surface area contributed by atoms with Crippen LogP contribution in [0, 0.1) is 11.3 Å². The van der Waals surface area contributed by atoms with E-state index < -0.39 is 0 Å². The van der Waals surface area contributed by atoms with Crippen LogP contribution in [0.5, 0.6) is 5.75 Å². The summed E-state index contributed by atoms with van der Waals surface area (Å²) in [6.45, 7) is 4.42. The third-order valence-corrected chi connectivity index (χ3v) is 8.43. The van der Waals surface area contributed by atoms with E-state index in [1.165, 1.54) is 16.0 Å². The maximum atomic E-state index is 13.4. The van der Waals surface area contributed by atoms with Gasteiger partial charge in [-0.3, -0.25) is 4.79 Å². The van der Waals surface area contributed by atoms with Crippen LogP contribution in [0.25, 0.3) is 0 Å². The van der Waals surface area contributed by atoms with Crippen LogP contribution in [0.3, 0.4) is 0 Å². The van der Waals surface area contributed by atoms with Gasteiger partial charge in [0.15, 0.2) is 0 Å². The Kier molecular flexibility index (Phi) is 7.34. The second-order valence-corrected chi connectivity index (χ2v) is 11.2. The number of rotatable bonds is 7. The fourth-order valence-electron chi connectivity index (χ4n) is 5.39. The monoisotopic (exact) mass is 496 g/mol. The van der Waals surface area contributed by atoms with Crippen molar-refractivity contribution in [2.75, 3.05) is 0 Å². The van der Waals surface area contributed by atoms with Crippen molar-refractivity contribution in [3.05, 3.63) is 95.1 Å². The molecule has 2 fully saturated rings. The molecule has 184 valence electrons. The first-order valence-corrected chi connectivity index (χ1v) is 13.8. The van der Waals surface area contributed by atoms with Gasteiger partial charge >= 0.3 is 0 Å². The molecule has 3 aromatic carbocycles. The van der Waals surface area contributed by atoms with Crippen molar-refractivity contribution in [1.29, 1.82) is 5.26 Å². The number of fused-ring (bicyclic) bond motifs is 2. The van der Waals surface area contributed by atoms with Crippen LogP contribution >= 0.6 is 11.8 Å². The molecule has 0 aliphatic carbocycles. The van der Waals surface area contributed by atoms with E-state index in [0.717, 1.165) is 42.7 Å². The molecule has 2 saturated heterocycles. The minimum absolute atomic E-state index is 0.0782. The van der Waals surface area contributed by atoms with E-state index in [1.54, 1.807) is 12.1 Å². The molecule has 0 N–H and O–H groups in total. The van der Waals surface area contributed by atoms with Crippen LogP contribution in [-0.4, -0.2) is 29.0 Å². The minimum Gasteiger partial charge on any atom is -0.490 e. The molecule has 0 saturated carbocycles. The van der Waals surface area contributed by atoms with Gasteiger partial charge in [0.05, 0.1) is 11.6 Å². The third-order valence-electron chi connectivity index (χ3n) is 7.34. The number of amides is 1. The molecular weight excluding hydrogens is 464 g/mol. The Hall–Kier alpha value is -3.23. The van der Waals surface area contributed by atoms with Crippen molar-refractivity contribution < 1.29 is 9.53 Å². The predicted octanol–water partition coefficient (Wildman–Crippen LogP) is 7.19. The lowest BCUT2D eigenvalue weighted by molar-refractivity contribution is 0.0359. The van der Waals surface area contributed by atoms with Crippen molar-refractivity contribution >= 4 is 17.7 Å². The molecule has 3 aromatic rings. The molecule has 0 radical (unpaired) electrons. The maximum absolute atomic E-state index is 13.4. The highest BCUT2D eigenvalue weighted by Crippen LogP contribution is 2.38. The molecular formula is C31H32N2O2S. The van der Waals surface area contributed by atoms with E-state index in [-0.39, 0.29) is 24.1 Å². The first-order chi connectivity index (χ1) is 17.5. The van der Waals surface area contributed by atoms with Gasteiger partial charge in [-0.05, 0) is 72.4 Å². The zero-order valence-corrected chi connectivity index (χ0v) is 21.7. The molecule has 1 amide bonds. The van der Waals surface area contributed by atoms with Gasteiger partial charge in [0, 0.05) is 41.1 Å². The van der Waals surface area contributed by atoms with E-state index in [0.29, 0.717) is 11.5 Å².